The fraction of sp³-hybridized carbons (Fsp3) is 0.300. The van der Waals surface area contributed by atoms with Gasteiger partial charge in [-0.1, -0.05) is 42.3 Å². The number of rotatable bonds is 8. The molecule has 39 heavy (non-hydrogen) atoms. The first kappa shape index (κ1) is 27.4. The summed E-state index contributed by atoms with van der Waals surface area (Å²) in [6.07, 6.45) is 3.90. The number of hydrogen-bond donors (Lipinski definition) is 1. The van der Waals surface area contributed by atoms with Gasteiger partial charge in [0.15, 0.2) is 0 Å². The van der Waals surface area contributed by atoms with E-state index in [1.54, 1.807) is 31.1 Å². The summed E-state index contributed by atoms with van der Waals surface area (Å²) >= 11 is 1.59. The van der Waals surface area contributed by atoms with Crippen LogP contribution in [-0.4, -0.2) is 47.9 Å². The van der Waals surface area contributed by atoms with Crippen LogP contribution in [0.1, 0.15) is 40.2 Å². The highest BCUT2D eigenvalue weighted by atomic mass is 32.2. The predicted molar refractivity (Wildman–Crippen MR) is 159 cm³/mol. The largest absolute Gasteiger partial charge is 0.455 e. The molecule has 2 heterocycles. The summed E-state index contributed by atoms with van der Waals surface area (Å²) in [6, 6.07) is 19.9. The van der Waals surface area contributed by atoms with Gasteiger partial charge in [-0.05, 0) is 60.2 Å². The number of nitrogens with zero attached hydrogens (tertiary/aromatic N) is 2. The quantitative estimate of drug-likeness (QED) is 0.252. The third-order valence-electron chi connectivity index (χ3n) is 7.26. The minimum atomic E-state index is -1.13. The number of benzene rings is 3. The molecule has 1 aliphatic rings. The van der Waals surface area contributed by atoms with Crippen LogP contribution in [0.15, 0.2) is 71.1 Å². The van der Waals surface area contributed by atoms with E-state index in [1.165, 1.54) is 12.1 Å². The molecule has 1 fully saturated rings. The van der Waals surface area contributed by atoms with Crippen LogP contribution in [0.4, 0.5) is 10.1 Å². The molecular weight excluding hydrogens is 533 g/mol. The number of furan rings is 1. The molecule has 0 spiro atoms. The van der Waals surface area contributed by atoms with E-state index < -0.39 is 11.0 Å². The first-order valence-electron chi connectivity index (χ1n) is 12.9. The summed E-state index contributed by atoms with van der Waals surface area (Å²) in [5.41, 5.74) is 4.81. The molecule has 2 atom stereocenters. The molecule has 1 saturated heterocycles. The van der Waals surface area contributed by atoms with Gasteiger partial charge in [0.1, 0.15) is 17.2 Å². The van der Waals surface area contributed by atoms with Crippen LogP contribution in [0.5, 0.6) is 0 Å². The molecule has 1 aliphatic heterocycles. The molecule has 0 bridgehead atoms. The minimum Gasteiger partial charge on any atom is -0.455 e. The van der Waals surface area contributed by atoms with E-state index in [9.17, 15) is 13.4 Å². The van der Waals surface area contributed by atoms with E-state index in [1.807, 2.05) is 49.7 Å². The maximum Gasteiger partial charge on any atom is 0.255 e. The van der Waals surface area contributed by atoms with Crippen LogP contribution in [0.3, 0.4) is 0 Å². The number of halogens is 1. The van der Waals surface area contributed by atoms with Gasteiger partial charge in [0.2, 0.25) is 0 Å². The smallest absolute Gasteiger partial charge is 0.255 e. The van der Waals surface area contributed by atoms with Crippen LogP contribution in [0.25, 0.3) is 22.3 Å². The average Bonchev–Trinajstić information content (AvgIpc) is 3.35. The molecule has 1 unspecified atom stereocenters. The van der Waals surface area contributed by atoms with Gasteiger partial charge < -0.3 is 14.0 Å². The number of amides is 1. The van der Waals surface area contributed by atoms with Crippen molar-refractivity contribution in [2.75, 3.05) is 37.7 Å². The van der Waals surface area contributed by atoms with Gasteiger partial charge in [-0.2, -0.15) is 0 Å². The van der Waals surface area contributed by atoms with Gasteiger partial charge in [-0.15, -0.1) is 0 Å². The van der Waals surface area contributed by atoms with E-state index in [4.69, 9.17) is 4.42 Å². The topological polar surface area (TPSA) is 65.8 Å². The standard InChI is InChI=1S/C30H32FN3O3S2/c1-32-30(35)28-25-16-24(22-10-7-15-34(18-22)39(36)19-20-8-5-4-6-9-20)26(33(2)38-3)17-27(25)37-29(28)21-11-13-23(31)14-12-21/h4-6,8-9,11-14,16-17,22H,7,10,15,18-19H2,1-3H3,(H,32,35)/t22-,39?/m0/s1. The van der Waals surface area contributed by atoms with E-state index >= 15 is 0 Å². The Hall–Kier alpha value is -3.14. The first-order valence-corrected chi connectivity index (χ1v) is 15.4. The Kier molecular flexibility index (Phi) is 8.40. The van der Waals surface area contributed by atoms with Crippen molar-refractivity contribution in [1.29, 1.82) is 0 Å². The molecular formula is C30H32FN3O3S2. The van der Waals surface area contributed by atoms with Crippen molar-refractivity contribution < 1.29 is 17.8 Å². The fourth-order valence-electron chi connectivity index (χ4n) is 5.19. The molecule has 204 valence electrons. The van der Waals surface area contributed by atoms with Crippen molar-refractivity contribution in [3.8, 4) is 11.3 Å². The molecule has 0 aliphatic carbocycles. The second-order valence-electron chi connectivity index (χ2n) is 9.66. The number of hydrogen-bond acceptors (Lipinski definition) is 5. The summed E-state index contributed by atoms with van der Waals surface area (Å²) in [7, 11) is 2.46. The lowest BCUT2D eigenvalue weighted by molar-refractivity contribution is 0.0964. The number of piperidine rings is 1. The summed E-state index contributed by atoms with van der Waals surface area (Å²) in [6.45, 7) is 1.45. The summed E-state index contributed by atoms with van der Waals surface area (Å²) in [5.74, 6) is 0.421. The van der Waals surface area contributed by atoms with Crippen molar-refractivity contribution in [2.24, 2.45) is 0 Å². The molecule has 1 N–H and O–H groups in total. The molecule has 4 aromatic rings. The lowest BCUT2D eigenvalue weighted by Gasteiger charge is -2.34. The zero-order valence-electron chi connectivity index (χ0n) is 22.3. The van der Waals surface area contributed by atoms with Gasteiger partial charge >= 0.3 is 0 Å². The zero-order chi connectivity index (χ0) is 27.5. The molecule has 6 nitrogen and oxygen atoms in total. The number of carbonyl (C=O) groups excluding carboxylic acids is 1. The monoisotopic (exact) mass is 565 g/mol. The SMILES string of the molecule is CNC(=O)c1c(-c2ccc(F)cc2)oc2cc(N(C)SC)c([C@H]3CCCN(S(=O)Cc4ccccc4)C3)cc12. The highest BCUT2D eigenvalue weighted by molar-refractivity contribution is 7.99. The minimum absolute atomic E-state index is 0.134. The molecule has 1 amide bonds. The zero-order valence-corrected chi connectivity index (χ0v) is 23.9. The molecule has 1 aromatic heterocycles. The Morgan fingerprint density at radius 2 is 1.92 bits per heavy atom. The predicted octanol–water partition coefficient (Wildman–Crippen LogP) is 6.36. The lowest BCUT2D eigenvalue weighted by Crippen LogP contribution is -2.36. The second-order valence-corrected chi connectivity index (χ2v) is 12.0. The molecule has 0 saturated carbocycles. The first-order chi connectivity index (χ1) is 18.9. The molecule has 3 aromatic carbocycles. The van der Waals surface area contributed by atoms with Crippen molar-refractivity contribution >= 4 is 45.5 Å². The third-order valence-corrected chi connectivity index (χ3v) is 9.49. The lowest BCUT2D eigenvalue weighted by atomic mass is 9.89. The summed E-state index contributed by atoms with van der Waals surface area (Å²) in [4.78, 5) is 13.1. The van der Waals surface area contributed by atoms with Crippen LogP contribution in [0.2, 0.25) is 0 Å². The normalized spacial score (nSPS) is 16.8. The number of fused-ring (bicyclic) bond motifs is 1. The van der Waals surface area contributed by atoms with Gasteiger partial charge in [-0.25, -0.2) is 12.9 Å². The Morgan fingerprint density at radius 3 is 2.62 bits per heavy atom. The van der Waals surface area contributed by atoms with Crippen molar-refractivity contribution in [3.05, 3.63) is 89.2 Å². The van der Waals surface area contributed by atoms with Crippen LogP contribution in [-0.2, 0) is 16.7 Å². The maximum atomic E-state index is 13.6. The van der Waals surface area contributed by atoms with Gasteiger partial charge in [0.25, 0.3) is 5.91 Å². The fourth-order valence-corrected chi connectivity index (χ4v) is 6.89. The van der Waals surface area contributed by atoms with E-state index in [2.05, 4.69) is 20.0 Å². The van der Waals surface area contributed by atoms with Crippen molar-refractivity contribution in [1.82, 2.24) is 9.62 Å². The van der Waals surface area contributed by atoms with Crippen molar-refractivity contribution in [3.63, 3.8) is 0 Å². The number of nitrogens with one attached hydrogen (secondary N) is 1. The Labute approximate surface area is 235 Å². The van der Waals surface area contributed by atoms with Crippen molar-refractivity contribution in [2.45, 2.75) is 24.5 Å². The average molecular weight is 566 g/mol. The van der Waals surface area contributed by atoms with Gasteiger partial charge in [-0.3, -0.25) is 4.79 Å². The Bertz CT molecular complexity index is 1490. The molecule has 9 heteroatoms. The Balaban J connectivity index is 1.56. The van der Waals surface area contributed by atoms with E-state index in [0.717, 1.165) is 36.2 Å². The van der Waals surface area contributed by atoms with E-state index in [0.29, 0.717) is 40.2 Å². The van der Waals surface area contributed by atoms with Crippen LogP contribution in [0, 0.1) is 5.82 Å². The van der Waals surface area contributed by atoms with Crippen LogP contribution < -0.4 is 9.62 Å². The highest BCUT2D eigenvalue weighted by Crippen LogP contribution is 2.42. The third kappa shape index (κ3) is 5.76. The molecule has 5 rings (SSSR count). The van der Waals surface area contributed by atoms with Crippen LogP contribution >= 0.6 is 11.9 Å². The molecule has 0 radical (unpaired) electrons. The number of carbonyl (C=O) groups is 1. The maximum absolute atomic E-state index is 13.6. The summed E-state index contributed by atoms with van der Waals surface area (Å²) < 4.78 is 37.4. The number of anilines is 1. The Morgan fingerprint density at radius 1 is 1.18 bits per heavy atom. The summed E-state index contributed by atoms with van der Waals surface area (Å²) in [5, 5.41) is 3.45. The van der Waals surface area contributed by atoms with E-state index in [-0.39, 0.29) is 17.6 Å². The van der Waals surface area contributed by atoms with Gasteiger partial charge in [0.05, 0.1) is 28.0 Å². The second kappa shape index (κ2) is 11.9. The highest BCUT2D eigenvalue weighted by Gasteiger charge is 2.30. The van der Waals surface area contributed by atoms with Gasteiger partial charge in [0, 0.05) is 50.5 Å².